The summed E-state index contributed by atoms with van der Waals surface area (Å²) in [7, 11) is -3.37. The van der Waals surface area contributed by atoms with Crippen molar-refractivity contribution >= 4 is 15.7 Å². The Labute approximate surface area is 120 Å². The molecular weight excluding hydrogens is 274 g/mol. The van der Waals surface area contributed by atoms with Gasteiger partial charge in [0.25, 0.3) is 5.91 Å². The zero-order chi connectivity index (χ0) is 14.6. The predicted molar refractivity (Wildman–Crippen MR) is 78.5 cm³/mol. The molecule has 1 saturated heterocycles. The second-order valence-electron chi connectivity index (χ2n) is 5.11. The first kappa shape index (κ1) is 15.0. The van der Waals surface area contributed by atoms with Crippen molar-refractivity contribution in [3.8, 4) is 0 Å². The quantitative estimate of drug-likeness (QED) is 0.861. The Hall–Kier alpha value is -1.36. The summed E-state index contributed by atoms with van der Waals surface area (Å²) in [6.45, 7) is 3.04. The Morgan fingerprint density at radius 3 is 2.30 bits per heavy atom. The highest BCUT2D eigenvalue weighted by Gasteiger charge is 2.24. The summed E-state index contributed by atoms with van der Waals surface area (Å²) in [5, 5.41) is 0. The van der Waals surface area contributed by atoms with Crippen LogP contribution < -0.4 is 0 Å². The second kappa shape index (κ2) is 6.39. The summed E-state index contributed by atoms with van der Waals surface area (Å²) in [6, 6.07) is 6.54. The van der Waals surface area contributed by atoms with E-state index in [9.17, 15) is 13.2 Å². The van der Waals surface area contributed by atoms with Crippen LogP contribution in [0.1, 0.15) is 43.0 Å². The molecule has 1 aromatic rings. The Morgan fingerprint density at radius 1 is 1.10 bits per heavy atom. The minimum absolute atomic E-state index is 0.0112. The van der Waals surface area contributed by atoms with E-state index in [2.05, 4.69) is 0 Å². The maximum Gasteiger partial charge on any atom is 0.255 e. The molecule has 110 valence electrons. The number of carbonyl (C=O) groups excluding carboxylic acids is 1. The third kappa shape index (κ3) is 3.20. The van der Waals surface area contributed by atoms with E-state index >= 15 is 0 Å². The fraction of sp³-hybridized carbons (Fsp3) is 0.533. The predicted octanol–water partition coefficient (Wildman–Crippen LogP) is 2.50. The molecule has 0 radical (unpaired) electrons. The van der Waals surface area contributed by atoms with E-state index in [-0.39, 0.29) is 16.6 Å². The standard InChI is InChI=1S/C15H21NO3S/c1-2-20(18,19)14-10-6-5-9-13(14)15(17)16-11-7-3-4-8-12-16/h5-6,9-10H,2-4,7-8,11-12H2,1H3. The van der Waals surface area contributed by atoms with Crippen LogP contribution in [0.15, 0.2) is 29.2 Å². The van der Waals surface area contributed by atoms with Crippen molar-refractivity contribution in [2.24, 2.45) is 0 Å². The number of hydrogen-bond acceptors (Lipinski definition) is 3. The third-order valence-electron chi connectivity index (χ3n) is 3.73. The molecule has 1 heterocycles. The molecule has 0 aromatic heterocycles. The molecule has 0 spiro atoms. The third-order valence-corrected chi connectivity index (χ3v) is 5.51. The molecule has 1 aromatic carbocycles. The van der Waals surface area contributed by atoms with Crippen LogP contribution >= 0.6 is 0 Å². The van der Waals surface area contributed by atoms with E-state index < -0.39 is 9.84 Å². The summed E-state index contributed by atoms with van der Waals surface area (Å²) in [4.78, 5) is 14.5. The van der Waals surface area contributed by atoms with Crippen molar-refractivity contribution in [3.63, 3.8) is 0 Å². The van der Waals surface area contributed by atoms with E-state index in [0.29, 0.717) is 5.56 Å². The first-order chi connectivity index (χ1) is 9.56. The number of amides is 1. The summed E-state index contributed by atoms with van der Waals surface area (Å²) in [5.74, 6) is -0.142. The first-order valence-corrected chi connectivity index (χ1v) is 8.82. The zero-order valence-electron chi connectivity index (χ0n) is 11.8. The summed E-state index contributed by atoms with van der Waals surface area (Å²) < 4.78 is 24.2. The van der Waals surface area contributed by atoms with Crippen molar-refractivity contribution in [3.05, 3.63) is 29.8 Å². The van der Waals surface area contributed by atoms with Gasteiger partial charge >= 0.3 is 0 Å². The summed E-state index contributed by atoms with van der Waals surface area (Å²) >= 11 is 0. The largest absolute Gasteiger partial charge is 0.339 e. The molecule has 0 aliphatic carbocycles. The summed E-state index contributed by atoms with van der Waals surface area (Å²) in [6.07, 6.45) is 4.26. The van der Waals surface area contributed by atoms with Crippen LogP contribution in [0.5, 0.6) is 0 Å². The summed E-state index contributed by atoms with van der Waals surface area (Å²) in [5.41, 5.74) is 0.316. The van der Waals surface area contributed by atoms with Gasteiger partial charge in [-0.05, 0) is 25.0 Å². The van der Waals surface area contributed by atoms with Crippen molar-refractivity contribution in [1.29, 1.82) is 0 Å². The number of benzene rings is 1. The van der Waals surface area contributed by atoms with Crippen molar-refractivity contribution in [2.75, 3.05) is 18.8 Å². The van der Waals surface area contributed by atoms with Crippen LogP contribution in [0.4, 0.5) is 0 Å². The Morgan fingerprint density at radius 2 is 1.70 bits per heavy atom. The van der Waals surface area contributed by atoms with Gasteiger partial charge in [0.15, 0.2) is 9.84 Å². The molecule has 5 heteroatoms. The van der Waals surface area contributed by atoms with E-state index in [1.807, 2.05) is 0 Å². The number of carbonyl (C=O) groups is 1. The fourth-order valence-electron chi connectivity index (χ4n) is 2.51. The monoisotopic (exact) mass is 295 g/mol. The lowest BCUT2D eigenvalue weighted by atomic mass is 10.2. The van der Waals surface area contributed by atoms with Gasteiger partial charge in [0, 0.05) is 13.1 Å². The average molecular weight is 295 g/mol. The van der Waals surface area contributed by atoms with Gasteiger partial charge in [-0.15, -0.1) is 0 Å². The molecule has 1 aliphatic heterocycles. The van der Waals surface area contributed by atoms with Gasteiger partial charge in [-0.2, -0.15) is 0 Å². The maximum atomic E-state index is 12.6. The Balaban J connectivity index is 2.35. The van der Waals surface area contributed by atoms with Gasteiger partial charge in [0.1, 0.15) is 0 Å². The highest BCUT2D eigenvalue weighted by Crippen LogP contribution is 2.20. The van der Waals surface area contributed by atoms with Crippen LogP contribution in [-0.4, -0.2) is 38.1 Å². The molecule has 1 amide bonds. The lowest BCUT2D eigenvalue weighted by Crippen LogP contribution is -2.32. The van der Waals surface area contributed by atoms with Crippen LogP contribution in [0.3, 0.4) is 0 Å². The van der Waals surface area contributed by atoms with Crippen LogP contribution in [0.2, 0.25) is 0 Å². The molecule has 4 nitrogen and oxygen atoms in total. The molecule has 0 saturated carbocycles. The SMILES string of the molecule is CCS(=O)(=O)c1ccccc1C(=O)N1CCCCCC1. The van der Waals surface area contributed by atoms with Gasteiger partial charge < -0.3 is 4.90 Å². The molecule has 20 heavy (non-hydrogen) atoms. The molecule has 0 unspecified atom stereocenters. The maximum absolute atomic E-state index is 12.6. The normalized spacial score (nSPS) is 16.8. The molecule has 0 bridgehead atoms. The Kier molecular flexibility index (Phi) is 4.81. The average Bonchev–Trinajstić information content (AvgIpc) is 2.75. The highest BCUT2D eigenvalue weighted by atomic mass is 32.2. The second-order valence-corrected chi connectivity index (χ2v) is 7.35. The van der Waals surface area contributed by atoms with Crippen LogP contribution in [0, 0.1) is 0 Å². The van der Waals surface area contributed by atoms with Gasteiger partial charge in [-0.3, -0.25) is 4.79 Å². The van der Waals surface area contributed by atoms with E-state index in [0.717, 1.165) is 38.8 Å². The van der Waals surface area contributed by atoms with Crippen molar-refractivity contribution in [1.82, 2.24) is 4.90 Å². The topological polar surface area (TPSA) is 54.5 Å². The smallest absolute Gasteiger partial charge is 0.255 e. The molecule has 1 aliphatic rings. The lowest BCUT2D eigenvalue weighted by molar-refractivity contribution is 0.0758. The van der Waals surface area contributed by atoms with Gasteiger partial charge in [0.2, 0.25) is 0 Å². The molecular formula is C15H21NO3S. The van der Waals surface area contributed by atoms with E-state index in [1.165, 1.54) is 6.07 Å². The van der Waals surface area contributed by atoms with Crippen molar-refractivity contribution < 1.29 is 13.2 Å². The molecule has 0 N–H and O–H groups in total. The highest BCUT2D eigenvalue weighted by molar-refractivity contribution is 7.91. The molecule has 1 fully saturated rings. The number of nitrogens with zero attached hydrogens (tertiary/aromatic N) is 1. The minimum Gasteiger partial charge on any atom is -0.339 e. The van der Waals surface area contributed by atoms with Gasteiger partial charge in [-0.25, -0.2) is 8.42 Å². The zero-order valence-corrected chi connectivity index (χ0v) is 12.7. The molecule has 0 atom stereocenters. The number of likely N-dealkylation sites (tertiary alicyclic amines) is 1. The minimum atomic E-state index is -3.37. The van der Waals surface area contributed by atoms with Crippen LogP contribution in [-0.2, 0) is 9.84 Å². The van der Waals surface area contributed by atoms with E-state index in [1.54, 1.807) is 30.0 Å². The van der Waals surface area contributed by atoms with E-state index in [4.69, 9.17) is 0 Å². The number of hydrogen-bond donors (Lipinski definition) is 0. The first-order valence-electron chi connectivity index (χ1n) is 7.17. The van der Waals surface area contributed by atoms with Gasteiger partial charge in [0.05, 0.1) is 16.2 Å². The lowest BCUT2D eigenvalue weighted by Gasteiger charge is -2.21. The van der Waals surface area contributed by atoms with Crippen molar-refractivity contribution in [2.45, 2.75) is 37.5 Å². The molecule has 2 rings (SSSR count). The number of rotatable bonds is 3. The Bertz CT molecular complexity index is 573. The van der Waals surface area contributed by atoms with Crippen LogP contribution in [0.25, 0.3) is 0 Å². The fourth-order valence-corrected chi connectivity index (χ4v) is 3.60. The van der Waals surface area contributed by atoms with Gasteiger partial charge in [-0.1, -0.05) is 31.9 Å². The number of sulfone groups is 1.